The van der Waals surface area contributed by atoms with Crippen molar-refractivity contribution in [1.82, 2.24) is 0 Å². The summed E-state index contributed by atoms with van der Waals surface area (Å²) in [5.74, 6) is 0.833. The molecular weight excluding hydrogens is 153 g/mol. The first-order valence-corrected chi connectivity index (χ1v) is 5.69. The Morgan fingerprint density at radius 3 is 1.62 bits per heavy atom. The molecule has 0 N–H and O–H groups in total. The second-order valence-corrected chi connectivity index (χ2v) is 6.43. The van der Waals surface area contributed by atoms with Gasteiger partial charge in [-0.15, -0.1) is 0 Å². The number of hydrogen-bond acceptors (Lipinski definition) is 0. The van der Waals surface area contributed by atoms with E-state index in [0.717, 1.165) is 5.92 Å². The van der Waals surface area contributed by atoms with Gasteiger partial charge in [-0.05, 0) is 16.7 Å². The summed E-state index contributed by atoms with van der Waals surface area (Å²) in [4.78, 5) is 0. The number of rotatable bonds is 3. The molecule has 0 aliphatic heterocycles. The maximum atomic E-state index is 2.37. The maximum absolute atomic E-state index is 2.37. The molecule has 0 radical (unpaired) electrons. The van der Waals surface area contributed by atoms with Crippen molar-refractivity contribution in [1.29, 1.82) is 0 Å². The van der Waals surface area contributed by atoms with Gasteiger partial charge >= 0.3 is 0 Å². The van der Waals surface area contributed by atoms with E-state index in [4.69, 9.17) is 0 Å². The first-order chi connectivity index (χ1) is 5.69. The highest BCUT2D eigenvalue weighted by Crippen LogP contribution is 2.41. The van der Waals surface area contributed by atoms with E-state index in [1.54, 1.807) is 0 Å². The summed E-state index contributed by atoms with van der Waals surface area (Å²) in [6, 6.07) is 0. The van der Waals surface area contributed by atoms with Gasteiger partial charge in [0.1, 0.15) is 0 Å². The fourth-order valence-corrected chi connectivity index (χ4v) is 2.57. The molecule has 0 saturated heterocycles. The Hall–Kier alpha value is 0.195. The van der Waals surface area contributed by atoms with Crippen LogP contribution in [-0.4, -0.2) is 22.0 Å². The zero-order valence-corrected chi connectivity index (χ0v) is 10.7. The third kappa shape index (κ3) is 4.83. The lowest BCUT2D eigenvalue weighted by Gasteiger charge is -2.41. The molecule has 0 amide bonds. The molecule has 0 spiro atoms. The van der Waals surface area contributed by atoms with Gasteiger partial charge in [-0.25, -0.2) is 0 Å². The summed E-state index contributed by atoms with van der Waals surface area (Å²) < 4.78 is 0. The van der Waals surface area contributed by atoms with Crippen LogP contribution in [0.25, 0.3) is 0 Å². The monoisotopic (exact) mass is 178 g/mol. The smallest absolute Gasteiger partial charge is 0.0784 e. The molecule has 0 heterocycles. The van der Waals surface area contributed by atoms with Crippen LogP contribution in [0.5, 0.6) is 0 Å². The first kappa shape index (κ1) is 13.2. The molecule has 0 nitrogen and oxygen atoms in total. The van der Waals surface area contributed by atoms with Gasteiger partial charge in [0.25, 0.3) is 0 Å². The molecule has 74 valence electrons. The molecule has 3 heteroatoms. The molecule has 0 aliphatic carbocycles. The molecular formula is C10H25B3. The minimum absolute atomic E-state index is 0.452. The molecule has 0 atom stereocenters. The highest BCUT2D eigenvalue weighted by Gasteiger charge is 2.33. The van der Waals surface area contributed by atoms with E-state index in [1.165, 1.54) is 20.6 Å². The first-order valence-electron chi connectivity index (χ1n) is 5.69. The van der Waals surface area contributed by atoms with Crippen LogP contribution < -0.4 is 0 Å². The maximum Gasteiger partial charge on any atom is 0.0784 e. The van der Waals surface area contributed by atoms with Gasteiger partial charge in [0.2, 0.25) is 0 Å². The summed E-state index contributed by atoms with van der Waals surface area (Å²) >= 11 is 0. The SMILES string of the molecule is BBBCC(C(C)(C)C)C(C)(C)C. The van der Waals surface area contributed by atoms with Gasteiger partial charge < -0.3 is 0 Å². The molecule has 0 bridgehead atoms. The van der Waals surface area contributed by atoms with Crippen molar-refractivity contribution in [3.63, 3.8) is 0 Å². The molecule has 13 heavy (non-hydrogen) atoms. The summed E-state index contributed by atoms with van der Waals surface area (Å²) in [5, 5.41) is 0. The second-order valence-electron chi connectivity index (χ2n) is 6.43. The Morgan fingerprint density at radius 1 is 1.00 bits per heavy atom. The zero-order valence-electron chi connectivity index (χ0n) is 10.7. The Kier molecular flexibility index (Phi) is 4.69. The molecule has 0 aliphatic rings. The Morgan fingerprint density at radius 2 is 1.38 bits per heavy atom. The van der Waals surface area contributed by atoms with E-state index < -0.39 is 0 Å². The van der Waals surface area contributed by atoms with Crippen LogP contribution >= 0.6 is 0 Å². The molecule has 0 aromatic rings. The third-order valence-electron chi connectivity index (χ3n) is 2.94. The normalized spacial score (nSPS) is 13.2. The van der Waals surface area contributed by atoms with Crippen LogP contribution in [0.15, 0.2) is 0 Å². The van der Waals surface area contributed by atoms with Gasteiger partial charge in [0.05, 0.1) is 22.0 Å². The van der Waals surface area contributed by atoms with E-state index in [9.17, 15) is 0 Å². The van der Waals surface area contributed by atoms with Crippen molar-refractivity contribution >= 4 is 22.0 Å². The zero-order chi connectivity index (χ0) is 10.7. The average Bonchev–Trinajstić information content (AvgIpc) is 1.81. The van der Waals surface area contributed by atoms with Gasteiger partial charge in [0.15, 0.2) is 0 Å². The standard InChI is InChI=1S/C10H25B3/c1-9(2,3)8(7-12-13-11)10(4,5)6/h8,12-13H,7,11H2,1-6H3. The van der Waals surface area contributed by atoms with Crippen LogP contribution in [0, 0.1) is 16.7 Å². The Labute approximate surface area is 87.1 Å². The predicted molar refractivity (Wildman–Crippen MR) is 70.0 cm³/mol. The van der Waals surface area contributed by atoms with Crippen molar-refractivity contribution in [2.45, 2.75) is 47.9 Å². The van der Waals surface area contributed by atoms with E-state index in [0.29, 0.717) is 10.8 Å². The lowest BCUT2D eigenvalue weighted by atomic mass is 9.25. The molecule has 0 saturated carbocycles. The van der Waals surface area contributed by atoms with E-state index in [2.05, 4.69) is 49.3 Å². The minimum Gasteiger partial charge on any atom is -0.0816 e. The van der Waals surface area contributed by atoms with Crippen molar-refractivity contribution < 1.29 is 0 Å². The minimum atomic E-state index is 0.452. The Balaban J connectivity index is 4.39. The van der Waals surface area contributed by atoms with E-state index >= 15 is 0 Å². The van der Waals surface area contributed by atoms with Gasteiger partial charge in [-0.2, -0.15) is 0 Å². The van der Waals surface area contributed by atoms with Crippen LogP contribution in [0.2, 0.25) is 6.32 Å². The summed E-state index contributed by atoms with van der Waals surface area (Å²) in [7, 11) is 4.98. The lowest BCUT2D eigenvalue weighted by Crippen LogP contribution is -2.34. The van der Waals surface area contributed by atoms with Crippen molar-refractivity contribution in [3.8, 4) is 0 Å². The topological polar surface area (TPSA) is 0 Å². The lowest BCUT2D eigenvalue weighted by molar-refractivity contribution is 0.121. The molecule has 0 aromatic heterocycles. The summed E-state index contributed by atoms with van der Waals surface area (Å²) in [6.07, 6.45) is 1.38. The van der Waals surface area contributed by atoms with Crippen LogP contribution in [-0.2, 0) is 0 Å². The van der Waals surface area contributed by atoms with E-state index in [-0.39, 0.29) is 0 Å². The third-order valence-corrected chi connectivity index (χ3v) is 2.94. The number of hydrogen-bond donors (Lipinski definition) is 0. The largest absolute Gasteiger partial charge is 0.0816 e. The van der Waals surface area contributed by atoms with Gasteiger partial charge in [-0.1, -0.05) is 47.9 Å². The van der Waals surface area contributed by atoms with Gasteiger partial charge in [-0.3, -0.25) is 0 Å². The highest BCUT2D eigenvalue weighted by molar-refractivity contribution is 7.23. The molecule has 0 unspecified atom stereocenters. The summed E-state index contributed by atoms with van der Waals surface area (Å²) in [6.45, 7) is 14.2. The summed E-state index contributed by atoms with van der Waals surface area (Å²) in [5.41, 5.74) is 0.904. The van der Waals surface area contributed by atoms with Crippen molar-refractivity contribution in [3.05, 3.63) is 0 Å². The molecule has 0 fully saturated rings. The van der Waals surface area contributed by atoms with Gasteiger partial charge in [0, 0.05) is 0 Å². The second kappa shape index (κ2) is 4.62. The Bertz CT molecular complexity index is 127. The van der Waals surface area contributed by atoms with E-state index in [1.807, 2.05) is 0 Å². The molecule has 0 aromatic carbocycles. The fourth-order valence-electron chi connectivity index (χ4n) is 2.57. The molecule has 0 rings (SSSR count). The average molecular weight is 178 g/mol. The van der Waals surface area contributed by atoms with Crippen molar-refractivity contribution in [2.24, 2.45) is 16.7 Å². The predicted octanol–water partition coefficient (Wildman–Crippen LogP) is 1.45. The quantitative estimate of drug-likeness (QED) is 0.573. The van der Waals surface area contributed by atoms with Crippen LogP contribution in [0.3, 0.4) is 0 Å². The fraction of sp³-hybridized carbons (Fsp3) is 1.00. The van der Waals surface area contributed by atoms with Crippen molar-refractivity contribution in [2.75, 3.05) is 0 Å². The highest BCUT2D eigenvalue weighted by atomic mass is 14.4. The van der Waals surface area contributed by atoms with Crippen LogP contribution in [0.4, 0.5) is 0 Å². The van der Waals surface area contributed by atoms with Crippen LogP contribution in [0.1, 0.15) is 41.5 Å².